The van der Waals surface area contributed by atoms with Crippen LogP contribution in [0.5, 0.6) is 11.5 Å². The normalized spacial score (nSPS) is 10.9. The van der Waals surface area contributed by atoms with Crippen molar-refractivity contribution in [2.24, 2.45) is 5.92 Å². The van der Waals surface area contributed by atoms with Gasteiger partial charge in [0.2, 0.25) is 0 Å². The van der Waals surface area contributed by atoms with E-state index in [1.54, 1.807) is 19.1 Å². The van der Waals surface area contributed by atoms with Crippen LogP contribution in [0.15, 0.2) is 18.2 Å². The molecule has 118 valence electrons. The molecule has 4 nitrogen and oxygen atoms in total. The van der Waals surface area contributed by atoms with Gasteiger partial charge in [0, 0.05) is 13.1 Å². The van der Waals surface area contributed by atoms with Crippen LogP contribution in [-0.2, 0) is 11.3 Å². The highest BCUT2D eigenvalue weighted by molar-refractivity contribution is 6.53. The van der Waals surface area contributed by atoms with Crippen LogP contribution in [-0.4, -0.2) is 36.4 Å². The van der Waals surface area contributed by atoms with E-state index in [1.807, 2.05) is 32.0 Å². The van der Waals surface area contributed by atoms with Crippen LogP contribution in [0.3, 0.4) is 0 Å². The monoisotopic (exact) mass is 333 g/mol. The van der Waals surface area contributed by atoms with Crippen LogP contribution in [0.2, 0.25) is 0 Å². The number of amides is 1. The number of rotatable bonds is 7. The van der Waals surface area contributed by atoms with Gasteiger partial charge in [0.05, 0.1) is 14.2 Å². The fourth-order valence-corrected chi connectivity index (χ4v) is 2.29. The van der Waals surface area contributed by atoms with Gasteiger partial charge in [-0.15, -0.1) is 0 Å². The predicted octanol–water partition coefficient (Wildman–Crippen LogP) is 3.49. The summed E-state index contributed by atoms with van der Waals surface area (Å²) in [7, 11) is 3.16. The second kappa shape index (κ2) is 8.35. The number of ether oxygens (including phenoxy) is 2. The molecule has 0 unspecified atom stereocenters. The van der Waals surface area contributed by atoms with E-state index in [4.69, 9.17) is 32.7 Å². The molecule has 0 aliphatic heterocycles. The zero-order valence-corrected chi connectivity index (χ0v) is 14.2. The molecule has 1 amide bonds. The highest BCUT2D eigenvalue weighted by atomic mass is 35.5. The molecule has 0 aromatic heterocycles. The fourth-order valence-electron chi connectivity index (χ4n) is 2.01. The van der Waals surface area contributed by atoms with E-state index in [0.29, 0.717) is 30.5 Å². The SMILES string of the molecule is COc1ccc(CN(CC(C)C)C(=O)C(Cl)Cl)cc1OC. The number of alkyl halides is 2. The number of hydrogen-bond donors (Lipinski definition) is 0. The lowest BCUT2D eigenvalue weighted by Crippen LogP contribution is -2.37. The molecule has 0 atom stereocenters. The second-order valence-corrected chi connectivity index (χ2v) is 6.20. The quantitative estimate of drug-likeness (QED) is 0.717. The summed E-state index contributed by atoms with van der Waals surface area (Å²) in [5.74, 6) is 1.30. The van der Waals surface area contributed by atoms with Gasteiger partial charge in [0.25, 0.3) is 5.91 Å². The predicted molar refractivity (Wildman–Crippen MR) is 85.3 cm³/mol. The summed E-state index contributed by atoms with van der Waals surface area (Å²) in [5.41, 5.74) is 0.927. The molecule has 21 heavy (non-hydrogen) atoms. The van der Waals surface area contributed by atoms with Crippen molar-refractivity contribution in [1.29, 1.82) is 0 Å². The van der Waals surface area contributed by atoms with Gasteiger partial charge < -0.3 is 14.4 Å². The zero-order chi connectivity index (χ0) is 16.0. The third kappa shape index (κ3) is 5.29. The number of carbonyl (C=O) groups excluding carboxylic acids is 1. The largest absolute Gasteiger partial charge is 0.493 e. The Bertz CT molecular complexity index is 478. The first-order valence-corrected chi connectivity index (χ1v) is 7.54. The minimum atomic E-state index is -1.05. The van der Waals surface area contributed by atoms with Crippen molar-refractivity contribution in [2.45, 2.75) is 25.2 Å². The van der Waals surface area contributed by atoms with E-state index in [1.165, 1.54) is 0 Å². The zero-order valence-electron chi connectivity index (χ0n) is 12.7. The van der Waals surface area contributed by atoms with Crippen LogP contribution >= 0.6 is 23.2 Å². The Labute approximate surface area is 135 Å². The van der Waals surface area contributed by atoms with Gasteiger partial charge in [-0.3, -0.25) is 4.79 Å². The lowest BCUT2D eigenvalue weighted by molar-refractivity contribution is -0.130. The van der Waals surface area contributed by atoms with Crippen molar-refractivity contribution in [3.05, 3.63) is 23.8 Å². The number of methoxy groups -OCH3 is 2. The first-order chi connectivity index (χ1) is 9.88. The van der Waals surface area contributed by atoms with Gasteiger partial charge in [-0.1, -0.05) is 43.1 Å². The molecule has 0 aliphatic carbocycles. The molecule has 0 spiro atoms. The Kier molecular flexibility index (Phi) is 7.12. The standard InChI is InChI=1S/C15H21Cl2NO3/c1-10(2)8-18(15(19)14(16)17)9-11-5-6-12(20-3)13(7-11)21-4/h5-7,10,14H,8-9H2,1-4H3. The van der Waals surface area contributed by atoms with E-state index >= 15 is 0 Å². The molecule has 0 aliphatic rings. The summed E-state index contributed by atoms with van der Waals surface area (Å²) >= 11 is 11.4. The molecule has 6 heteroatoms. The van der Waals surface area contributed by atoms with Gasteiger partial charge in [0.1, 0.15) is 0 Å². The molecule has 1 rings (SSSR count). The number of carbonyl (C=O) groups is 1. The molecule has 0 saturated carbocycles. The summed E-state index contributed by atoms with van der Waals surface area (Å²) in [6, 6.07) is 5.54. The van der Waals surface area contributed by atoms with Gasteiger partial charge in [-0.05, 0) is 23.6 Å². The third-order valence-electron chi connectivity index (χ3n) is 2.91. The Balaban J connectivity index is 2.95. The lowest BCUT2D eigenvalue weighted by Gasteiger charge is -2.25. The maximum Gasteiger partial charge on any atom is 0.256 e. The second-order valence-electron chi connectivity index (χ2n) is 5.10. The molecule has 0 saturated heterocycles. The first kappa shape index (κ1) is 17.9. The molecular formula is C15H21Cl2NO3. The molecule has 1 aromatic carbocycles. The van der Waals surface area contributed by atoms with E-state index < -0.39 is 4.84 Å². The number of halogens is 2. The first-order valence-electron chi connectivity index (χ1n) is 6.66. The van der Waals surface area contributed by atoms with E-state index in [-0.39, 0.29) is 5.91 Å². The Morgan fingerprint density at radius 3 is 2.29 bits per heavy atom. The van der Waals surface area contributed by atoms with Crippen molar-refractivity contribution in [3.63, 3.8) is 0 Å². The van der Waals surface area contributed by atoms with E-state index in [9.17, 15) is 4.79 Å². The van der Waals surface area contributed by atoms with Crippen LogP contribution < -0.4 is 9.47 Å². The summed E-state index contributed by atoms with van der Waals surface area (Å²) in [6.45, 7) is 5.08. The number of nitrogens with zero attached hydrogens (tertiary/aromatic N) is 1. The smallest absolute Gasteiger partial charge is 0.256 e. The van der Waals surface area contributed by atoms with E-state index in [2.05, 4.69) is 0 Å². The van der Waals surface area contributed by atoms with Gasteiger partial charge in [-0.2, -0.15) is 0 Å². The van der Waals surface area contributed by atoms with Crippen LogP contribution in [0.4, 0.5) is 0 Å². The fraction of sp³-hybridized carbons (Fsp3) is 0.533. The van der Waals surface area contributed by atoms with Crippen LogP contribution in [0, 0.1) is 5.92 Å². The molecular weight excluding hydrogens is 313 g/mol. The third-order valence-corrected chi connectivity index (χ3v) is 3.28. The average Bonchev–Trinajstić information content (AvgIpc) is 2.44. The number of hydrogen-bond acceptors (Lipinski definition) is 3. The summed E-state index contributed by atoms with van der Waals surface area (Å²) in [4.78, 5) is 12.7. The maximum absolute atomic E-state index is 12.1. The Morgan fingerprint density at radius 1 is 1.19 bits per heavy atom. The average molecular weight is 334 g/mol. The summed E-state index contributed by atoms with van der Waals surface area (Å²) in [6.07, 6.45) is 0. The van der Waals surface area contributed by atoms with Crippen molar-refractivity contribution >= 4 is 29.1 Å². The molecule has 0 fully saturated rings. The van der Waals surface area contributed by atoms with Crippen molar-refractivity contribution in [2.75, 3.05) is 20.8 Å². The van der Waals surface area contributed by atoms with Crippen LogP contribution in [0.25, 0.3) is 0 Å². The van der Waals surface area contributed by atoms with Gasteiger partial charge in [0.15, 0.2) is 16.3 Å². The summed E-state index contributed by atoms with van der Waals surface area (Å²) < 4.78 is 10.5. The molecule has 0 heterocycles. The lowest BCUT2D eigenvalue weighted by atomic mass is 10.1. The molecule has 1 aromatic rings. The highest BCUT2D eigenvalue weighted by Gasteiger charge is 2.21. The Hall–Kier alpha value is -1.13. The van der Waals surface area contributed by atoms with Crippen LogP contribution in [0.1, 0.15) is 19.4 Å². The minimum Gasteiger partial charge on any atom is -0.493 e. The number of benzene rings is 1. The van der Waals surface area contributed by atoms with E-state index in [0.717, 1.165) is 5.56 Å². The van der Waals surface area contributed by atoms with Gasteiger partial charge in [-0.25, -0.2) is 0 Å². The van der Waals surface area contributed by atoms with Gasteiger partial charge >= 0.3 is 0 Å². The molecule has 0 N–H and O–H groups in total. The maximum atomic E-state index is 12.1. The van der Waals surface area contributed by atoms with Crippen molar-refractivity contribution < 1.29 is 14.3 Å². The minimum absolute atomic E-state index is 0.290. The highest BCUT2D eigenvalue weighted by Crippen LogP contribution is 2.28. The molecule has 0 radical (unpaired) electrons. The molecule has 0 bridgehead atoms. The van der Waals surface area contributed by atoms with Crippen molar-refractivity contribution in [3.8, 4) is 11.5 Å². The van der Waals surface area contributed by atoms with Crippen molar-refractivity contribution in [1.82, 2.24) is 4.90 Å². The topological polar surface area (TPSA) is 38.8 Å². The summed E-state index contributed by atoms with van der Waals surface area (Å²) in [5, 5.41) is 0. The Morgan fingerprint density at radius 2 is 1.81 bits per heavy atom.